The Labute approximate surface area is 202 Å². The number of aromatic nitrogens is 4. The molecule has 0 radical (unpaired) electrons. The van der Waals surface area contributed by atoms with Crippen LogP contribution in [0, 0.1) is 5.92 Å². The van der Waals surface area contributed by atoms with Gasteiger partial charge in [0.1, 0.15) is 23.2 Å². The minimum Gasteiger partial charge on any atom is -0.497 e. The van der Waals surface area contributed by atoms with E-state index in [1.54, 1.807) is 35.3 Å². The molecule has 1 aromatic carbocycles. The van der Waals surface area contributed by atoms with Crippen molar-refractivity contribution in [3.05, 3.63) is 72.4 Å². The van der Waals surface area contributed by atoms with E-state index < -0.39 is 11.9 Å². The molecule has 0 aliphatic carbocycles. The van der Waals surface area contributed by atoms with Crippen molar-refractivity contribution >= 4 is 23.1 Å². The first-order chi connectivity index (χ1) is 16.9. The molecule has 10 heteroatoms. The molecule has 0 aliphatic rings. The third-order valence-corrected chi connectivity index (χ3v) is 5.49. The highest BCUT2D eigenvalue weighted by molar-refractivity contribution is 6.01. The molecule has 2 amide bonds. The fraction of sp³-hybridized carbons (Fsp3) is 0.280. The van der Waals surface area contributed by atoms with Crippen LogP contribution in [-0.2, 0) is 11.3 Å². The predicted octanol–water partition coefficient (Wildman–Crippen LogP) is 2.99. The first-order valence-corrected chi connectivity index (χ1v) is 11.2. The third-order valence-electron chi connectivity index (χ3n) is 5.49. The second kappa shape index (κ2) is 10.3. The van der Waals surface area contributed by atoms with Crippen molar-refractivity contribution in [2.45, 2.75) is 26.4 Å². The maximum Gasteiger partial charge on any atom is 0.252 e. The quantitative estimate of drug-likeness (QED) is 0.384. The van der Waals surface area contributed by atoms with Crippen molar-refractivity contribution in [2.75, 3.05) is 19.5 Å². The number of pyridine rings is 1. The van der Waals surface area contributed by atoms with E-state index in [4.69, 9.17) is 9.47 Å². The van der Waals surface area contributed by atoms with Crippen molar-refractivity contribution < 1.29 is 19.1 Å². The summed E-state index contributed by atoms with van der Waals surface area (Å²) in [6.45, 7) is 4.19. The van der Waals surface area contributed by atoms with Crippen molar-refractivity contribution in [1.29, 1.82) is 0 Å². The molecule has 2 N–H and O–H groups in total. The van der Waals surface area contributed by atoms with Crippen molar-refractivity contribution in [3.8, 4) is 11.5 Å². The molecular formula is C25H28N6O4. The van der Waals surface area contributed by atoms with Gasteiger partial charge in [-0.2, -0.15) is 5.10 Å². The van der Waals surface area contributed by atoms with E-state index in [-0.39, 0.29) is 11.8 Å². The molecule has 4 rings (SSSR count). The molecule has 0 saturated carbocycles. The monoisotopic (exact) mass is 476 g/mol. The lowest BCUT2D eigenvalue weighted by Crippen LogP contribution is -2.47. The van der Waals surface area contributed by atoms with Gasteiger partial charge in [-0.3, -0.25) is 14.3 Å². The fourth-order valence-electron chi connectivity index (χ4n) is 3.66. The molecule has 182 valence electrons. The van der Waals surface area contributed by atoms with Crippen LogP contribution in [0.1, 0.15) is 29.9 Å². The number of anilines is 1. The Balaban J connectivity index is 1.42. The summed E-state index contributed by atoms with van der Waals surface area (Å²) >= 11 is 0. The van der Waals surface area contributed by atoms with Crippen molar-refractivity contribution in [3.63, 3.8) is 0 Å². The van der Waals surface area contributed by atoms with E-state index in [0.717, 1.165) is 11.3 Å². The minimum atomic E-state index is -0.763. The summed E-state index contributed by atoms with van der Waals surface area (Å²) in [6, 6.07) is 9.90. The number of fused-ring (bicyclic) bond motifs is 1. The number of hydrogen-bond donors (Lipinski definition) is 2. The molecule has 0 fully saturated rings. The maximum atomic E-state index is 13.0. The number of amides is 2. The summed E-state index contributed by atoms with van der Waals surface area (Å²) in [5.74, 6) is 0.0738. The summed E-state index contributed by atoms with van der Waals surface area (Å²) in [5.41, 5.74) is 2.56. The first kappa shape index (κ1) is 23.8. The third kappa shape index (κ3) is 5.60. The summed E-state index contributed by atoms with van der Waals surface area (Å²) < 4.78 is 14.1. The second-order valence-corrected chi connectivity index (χ2v) is 8.41. The fourth-order valence-corrected chi connectivity index (χ4v) is 3.66. The van der Waals surface area contributed by atoms with Crippen LogP contribution in [0.5, 0.6) is 11.5 Å². The zero-order chi connectivity index (χ0) is 24.9. The number of carbonyl (C=O) groups is 2. The number of carbonyl (C=O) groups excluding carboxylic acids is 2. The molecule has 0 spiro atoms. The average Bonchev–Trinajstić information content (AvgIpc) is 3.47. The number of rotatable bonds is 9. The van der Waals surface area contributed by atoms with Crippen LogP contribution in [-0.4, -0.2) is 51.2 Å². The zero-order valence-electron chi connectivity index (χ0n) is 20.1. The molecule has 35 heavy (non-hydrogen) atoms. The van der Waals surface area contributed by atoms with Crippen LogP contribution in [0.15, 0.2) is 61.2 Å². The van der Waals surface area contributed by atoms with Gasteiger partial charge in [0.2, 0.25) is 5.91 Å². The van der Waals surface area contributed by atoms with Gasteiger partial charge in [-0.25, -0.2) is 4.98 Å². The van der Waals surface area contributed by atoms with E-state index in [1.165, 1.54) is 14.2 Å². The highest BCUT2D eigenvalue weighted by Crippen LogP contribution is 2.23. The molecule has 0 saturated heterocycles. The van der Waals surface area contributed by atoms with Crippen LogP contribution in [0.3, 0.4) is 0 Å². The van der Waals surface area contributed by atoms with Gasteiger partial charge in [0.05, 0.1) is 38.3 Å². The Morgan fingerprint density at radius 2 is 1.80 bits per heavy atom. The second-order valence-electron chi connectivity index (χ2n) is 8.41. The van der Waals surface area contributed by atoms with E-state index >= 15 is 0 Å². The smallest absolute Gasteiger partial charge is 0.252 e. The van der Waals surface area contributed by atoms with E-state index in [0.29, 0.717) is 29.3 Å². The predicted molar refractivity (Wildman–Crippen MR) is 131 cm³/mol. The summed E-state index contributed by atoms with van der Waals surface area (Å²) in [5, 5.41) is 9.98. The van der Waals surface area contributed by atoms with Crippen molar-refractivity contribution in [1.82, 2.24) is 24.5 Å². The van der Waals surface area contributed by atoms with Crippen LogP contribution >= 0.6 is 0 Å². The topological polar surface area (TPSA) is 112 Å². The summed E-state index contributed by atoms with van der Waals surface area (Å²) in [7, 11) is 3.02. The minimum absolute atomic E-state index is 0.153. The Bertz CT molecular complexity index is 1290. The highest BCUT2D eigenvalue weighted by atomic mass is 16.5. The zero-order valence-corrected chi connectivity index (χ0v) is 20.1. The molecule has 10 nitrogen and oxygen atoms in total. The molecule has 4 aromatic rings. The van der Waals surface area contributed by atoms with E-state index in [9.17, 15) is 9.59 Å². The molecule has 3 heterocycles. The number of hydrogen-bond acceptors (Lipinski definition) is 6. The normalized spacial score (nSPS) is 11.9. The highest BCUT2D eigenvalue weighted by Gasteiger charge is 2.25. The first-order valence-electron chi connectivity index (χ1n) is 11.2. The van der Waals surface area contributed by atoms with Crippen LogP contribution in [0.2, 0.25) is 0 Å². The van der Waals surface area contributed by atoms with Crippen LogP contribution in [0.25, 0.3) is 5.65 Å². The SMILES string of the molecule is COc1cc(OC)cc(C(=O)NC(C(=O)Nc2cnn(Cc3cn4ccccc4n3)c2)C(C)C)c1. The Hall–Kier alpha value is -4.34. The molecule has 0 bridgehead atoms. The van der Waals surface area contributed by atoms with Gasteiger partial charge in [0.15, 0.2) is 0 Å². The lowest BCUT2D eigenvalue weighted by Gasteiger charge is -2.21. The van der Waals surface area contributed by atoms with Gasteiger partial charge in [-0.1, -0.05) is 19.9 Å². The van der Waals surface area contributed by atoms with Crippen LogP contribution < -0.4 is 20.1 Å². The molecular weight excluding hydrogens is 448 g/mol. The van der Waals surface area contributed by atoms with Gasteiger partial charge in [-0.15, -0.1) is 0 Å². The number of nitrogens with zero attached hydrogens (tertiary/aromatic N) is 4. The summed E-state index contributed by atoms with van der Waals surface area (Å²) in [6.07, 6.45) is 7.17. The maximum absolute atomic E-state index is 13.0. The average molecular weight is 477 g/mol. The molecule has 1 unspecified atom stereocenters. The lowest BCUT2D eigenvalue weighted by atomic mass is 10.0. The standard InChI is InChI=1S/C25H28N6O4/c1-16(2)23(29-24(32)17-9-20(34-3)11-21(10-17)35-4)25(33)28-18-12-26-31(14-18)15-19-13-30-8-6-5-7-22(30)27-19/h5-14,16,23H,15H2,1-4H3,(H,28,33)(H,29,32). The number of nitrogens with one attached hydrogen (secondary N) is 2. The van der Waals surface area contributed by atoms with Gasteiger partial charge in [0.25, 0.3) is 5.91 Å². The van der Waals surface area contributed by atoms with Gasteiger partial charge in [-0.05, 0) is 30.2 Å². The molecule has 0 aliphatic heterocycles. The summed E-state index contributed by atoms with van der Waals surface area (Å²) in [4.78, 5) is 30.5. The molecule has 3 aromatic heterocycles. The number of ether oxygens (including phenoxy) is 2. The number of imidazole rings is 1. The number of methoxy groups -OCH3 is 2. The Kier molecular flexibility index (Phi) is 7.00. The van der Waals surface area contributed by atoms with E-state index in [2.05, 4.69) is 20.7 Å². The van der Waals surface area contributed by atoms with Gasteiger partial charge >= 0.3 is 0 Å². The molecule has 1 atom stereocenters. The van der Waals surface area contributed by atoms with Crippen LogP contribution in [0.4, 0.5) is 5.69 Å². The largest absolute Gasteiger partial charge is 0.497 e. The van der Waals surface area contributed by atoms with Gasteiger partial charge < -0.3 is 24.5 Å². The van der Waals surface area contributed by atoms with Gasteiger partial charge in [0, 0.05) is 30.2 Å². The Morgan fingerprint density at radius 3 is 2.46 bits per heavy atom. The van der Waals surface area contributed by atoms with E-state index in [1.807, 2.05) is 48.8 Å². The van der Waals surface area contributed by atoms with Crippen molar-refractivity contribution in [2.24, 2.45) is 5.92 Å². The number of benzene rings is 1. The lowest BCUT2D eigenvalue weighted by molar-refractivity contribution is -0.118. The Morgan fingerprint density at radius 1 is 1.06 bits per heavy atom.